The summed E-state index contributed by atoms with van der Waals surface area (Å²) in [7, 11) is 0. The minimum absolute atomic E-state index is 0.0480. The maximum absolute atomic E-state index is 13.0. The maximum Gasteiger partial charge on any atom is 0.228 e. The fraction of sp³-hybridized carbons (Fsp3) is 0.938. The van der Waals surface area contributed by atoms with Gasteiger partial charge in [-0.1, -0.05) is 20.3 Å². The lowest BCUT2D eigenvalue weighted by atomic mass is 9.74. The van der Waals surface area contributed by atoms with Crippen molar-refractivity contribution < 1.29 is 4.79 Å². The van der Waals surface area contributed by atoms with E-state index in [1.807, 2.05) is 0 Å². The number of hydrogen-bond donors (Lipinski definition) is 1. The van der Waals surface area contributed by atoms with E-state index in [1.54, 1.807) is 0 Å². The van der Waals surface area contributed by atoms with E-state index in [1.165, 1.54) is 19.3 Å². The van der Waals surface area contributed by atoms with Crippen molar-refractivity contribution in [1.29, 1.82) is 0 Å². The maximum atomic E-state index is 13.0. The van der Waals surface area contributed by atoms with Crippen LogP contribution in [0.25, 0.3) is 0 Å². The van der Waals surface area contributed by atoms with E-state index in [9.17, 15) is 4.79 Å². The first kappa shape index (κ1) is 14.8. The standard InChI is InChI=1S/C16H30N2O/c1-3-7-16(8-10-17-11-9-16)15(19)18-12-4-5-14(2)6-13-18/h14,17H,3-13H2,1-2H3. The van der Waals surface area contributed by atoms with Gasteiger partial charge in [0.1, 0.15) is 0 Å². The van der Waals surface area contributed by atoms with Gasteiger partial charge in [-0.3, -0.25) is 4.79 Å². The Morgan fingerprint density at radius 1 is 1.26 bits per heavy atom. The lowest BCUT2D eigenvalue weighted by molar-refractivity contribution is -0.144. The molecule has 0 aromatic rings. The predicted octanol–water partition coefficient (Wildman–Crippen LogP) is 2.80. The van der Waals surface area contributed by atoms with E-state index in [0.717, 1.165) is 57.8 Å². The molecule has 1 unspecified atom stereocenters. The number of nitrogens with one attached hydrogen (secondary N) is 1. The van der Waals surface area contributed by atoms with Crippen LogP contribution >= 0.6 is 0 Å². The van der Waals surface area contributed by atoms with Crippen LogP contribution in [-0.2, 0) is 4.79 Å². The molecule has 0 aromatic carbocycles. The van der Waals surface area contributed by atoms with Gasteiger partial charge in [0.05, 0.1) is 5.41 Å². The van der Waals surface area contributed by atoms with Crippen LogP contribution in [0.5, 0.6) is 0 Å². The van der Waals surface area contributed by atoms with Gasteiger partial charge in [0.2, 0.25) is 5.91 Å². The highest BCUT2D eigenvalue weighted by atomic mass is 16.2. The molecule has 2 fully saturated rings. The van der Waals surface area contributed by atoms with E-state index < -0.39 is 0 Å². The number of hydrogen-bond acceptors (Lipinski definition) is 2. The monoisotopic (exact) mass is 266 g/mol. The second-order valence-electron chi connectivity index (χ2n) is 6.61. The van der Waals surface area contributed by atoms with E-state index in [-0.39, 0.29) is 5.41 Å². The summed E-state index contributed by atoms with van der Waals surface area (Å²) in [6.07, 6.45) is 7.92. The Morgan fingerprint density at radius 2 is 2.00 bits per heavy atom. The first-order valence-electron chi connectivity index (χ1n) is 8.18. The second-order valence-corrected chi connectivity index (χ2v) is 6.61. The van der Waals surface area contributed by atoms with E-state index in [2.05, 4.69) is 24.1 Å². The summed E-state index contributed by atoms with van der Waals surface area (Å²) in [6.45, 7) is 8.52. The molecule has 110 valence electrons. The molecule has 3 nitrogen and oxygen atoms in total. The summed E-state index contributed by atoms with van der Waals surface area (Å²) in [5, 5.41) is 3.40. The number of carbonyl (C=O) groups is 1. The number of likely N-dealkylation sites (tertiary alicyclic amines) is 1. The van der Waals surface area contributed by atoms with Gasteiger partial charge >= 0.3 is 0 Å². The van der Waals surface area contributed by atoms with Gasteiger partial charge in [-0.05, 0) is 57.5 Å². The van der Waals surface area contributed by atoms with Crippen LogP contribution in [0, 0.1) is 11.3 Å². The fourth-order valence-corrected chi connectivity index (χ4v) is 3.76. The molecule has 3 heteroatoms. The zero-order valence-electron chi connectivity index (χ0n) is 12.7. The Bertz CT molecular complexity index is 292. The number of piperidine rings is 1. The van der Waals surface area contributed by atoms with Crippen molar-refractivity contribution in [2.75, 3.05) is 26.2 Å². The van der Waals surface area contributed by atoms with Gasteiger partial charge in [-0.25, -0.2) is 0 Å². The summed E-state index contributed by atoms with van der Waals surface area (Å²) in [6, 6.07) is 0. The quantitative estimate of drug-likeness (QED) is 0.852. The third-order valence-electron chi connectivity index (χ3n) is 5.05. The predicted molar refractivity (Wildman–Crippen MR) is 79.0 cm³/mol. The number of rotatable bonds is 3. The highest BCUT2D eigenvalue weighted by Gasteiger charge is 2.41. The summed E-state index contributed by atoms with van der Waals surface area (Å²) in [5.74, 6) is 1.25. The first-order chi connectivity index (χ1) is 9.18. The Kier molecular flexibility index (Phi) is 5.26. The lowest BCUT2D eigenvalue weighted by Gasteiger charge is -2.40. The highest BCUT2D eigenvalue weighted by molar-refractivity contribution is 5.83. The summed E-state index contributed by atoms with van der Waals surface area (Å²) in [5.41, 5.74) is -0.0480. The van der Waals surface area contributed by atoms with Crippen molar-refractivity contribution in [2.45, 2.75) is 58.8 Å². The SMILES string of the molecule is CCCC1(C(=O)N2CCCC(C)CC2)CCNCC1. The zero-order chi connectivity index (χ0) is 13.7. The Morgan fingerprint density at radius 3 is 2.68 bits per heavy atom. The highest BCUT2D eigenvalue weighted by Crippen LogP contribution is 2.36. The van der Waals surface area contributed by atoms with Crippen LogP contribution in [0.2, 0.25) is 0 Å². The van der Waals surface area contributed by atoms with Crippen LogP contribution in [0.4, 0.5) is 0 Å². The molecule has 19 heavy (non-hydrogen) atoms. The van der Waals surface area contributed by atoms with Gasteiger partial charge in [0, 0.05) is 13.1 Å². The first-order valence-corrected chi connectivity index (χ1v) is 8.18. The average Bonchev–Trinajstić information content (AvgIpc) is 2.64. The number of amides is 1. The molecule has 2 saturated heterocycles. The third kappa shape index (κ3) is 3.50. The smallest absolute Gasteiger partial charge is 0.228 e. The van der Waals surface area contributed by atoms with Crippen molar-refractivity contribution in [3.05, 3.63) is 0 Å². The Balaban J connectivity index is 2.05. The topological polar surface area (TPSA) is 32.3 Å². The van der Waals surface area contributed by atoms with E-state index >= 15 is 0 Å². The van der Waals surface area contributed by atoms with Crippen LogP contribution in [-0.4, -0.2) is 37.0 Å². The Hall–Kier alpha value is -0.570. The van der Waals surface area contributed by atoms with Crippen molar-refractivity contribution in [3.8, 4) is 0 Å². The second kappa shape index (κ2) is 6.74. The van der Waals surface area contributed by atoms with Crippen LogP contribution in [0.1, 0.15) is 58.8 Å². The van der Waals surface area contributed by atoms with E-state index in [0.29, 0.717) is 5.91 Å². The molecule has 1 N–H and O–H groups in total. The van der Waals surface area contributed by atoms with Crippen molar-refractivity contribution in [1.82, 2.24) is 10.2 Å². The molecule has 0 saturated carbocycles. The van der Waals surface area contributed by atoms with Crippen LogP contribution in [0.3, 0.4) is 0 Å². The number of carbonyl (C=O) groups excluding carboxylic acids is 1. The van der Waals surface area contributed by atoms with Gasteiger partial charge in [0.15, 0.2) is 0 Å². The molecule has 2 rings (SSSR count). The normalized spacial score (nSPS) is 27.9. The van der Waals surface area contributed by atoms with Crippen molar-refractivity contribution in [2.24, 2.45) is 11.3 Å². The third-order valence-corrected chi connectivity index (χ3v) is 5.05. The molecular weight excluding hydrogens is 236 g/mol. The molecular formula is C16H30N2O. The molecule has 0 bridgehead atoms. The van der Waals surface area contributed by atoms with Gasteiger partial charge in [0.25, 0.3) is 0 Å². The molecule has 0 radical (unpaired) electrons. The lowest BCUT2D eigenvalue weighted by Crippen LogP contribution is -2.49. The molecule has 0 aromatic heterocycles. The molecule has 1 amide bonds. The van der Waals surface area contributed by atoms with Gasteiger partial charge < -0.3 is 10.2 Å². The molecule has 1 atom stereocenters. The summed E-state index contributed by atoms with van der Waals surface area (Å²) < 4.78 is 0. The molecule has 2 aliphatic rings. The van der Waals surface area contributed by atoms with Gasteiger partial charge in [-0.15, -0.1) is 0 Å². The average molecular weight is 266 g/mol. The fourth-order valence-electron chi connectivity index (χ4n) is 3.76. The number of nitrogens with zero attached hydrogens (tertiary/aromatic N) is 1. The molecule has 2 aliphatic heterocycles. The molecule has 0 aliphatic carbocycles. The minimum atomic E-state index is -0.0480. The van der Waals surface area contributed by atoms with Crippen molar-refractivity contribution >= 4 is 5.91 Å². The van der Waals surface area contributed by atoms with Crippen LogP contribution < -0.4 is 5.32 Å². The largest absolute Gasteiger partial charge is 0.342 e. The van der Waals surface area contributed by atoms with Crippen molar-refractivity contribution in [3.63, 3.8) is 0 Å². The molecule has 0 spiro atoms. The molecule has 2 heterocycles. The minimum Gasteiger partial charge on any atom is -0.342 e. The summed E-state index contributed by atoms with van der Waals surface area (Å²) in [4.78, 5) is 15.2. The van der Waals surface area contributed by atoms with Crippen LogP contribution in [0.15, 0.2) is 0 Å². The summed E-state index contributed by atoms with van der Waals surface area (Å²) >= 11 is 0. The zero-order valence-corrected chi connectivity index (χ0v) is 12.7. The van der Waals surface area contributed by atoms with E-state index in [4.69, 9.17) is 0 Å². The Labute approximate surface area is 118 Å². The van der Waals surface area contributed by atoms with Gasteiger partial charge in [-0.2, -0.15) is 0 Å².